The van der Waals surface area contributed by atoms with Gasteiger partial charge in [-0.15, -0.1) is 0 Å². The molecule has 2 aromatic rings. The van der Waals surface area contributed by atoms with E-state index in [2.05, 4.69) is 10.2 Å². The number of rotatable bonds is 8. The zero-order valence-electron chi connectivity index (χ0n) is 18.3. The van der Waals surface area contributed by atoms with Gasteiger partial charge in [-0.25, -0.2) is 0 Å². The van der Waals surface area contributed by atoms with E-state index < -0.39 is 28.9 Å². The molecule has 1 aliphatic rings. The molecule has 1 fully saturated rings. The van der Waals surface area contributed by atoms with Crippen LogP contribution in [-0.2, 0) is 17.5 Å². The van der Waals surface area contributed by atoms with Crippen molar-refractivity contribution in [3.8, 4) is 0 Å². The average Bonchev–Trinajstić information content (AvgIpc) is 2.82. The number of Topliss-reactive ketones (excluding diaryl/α,β-unsaturated/α-hetero) is 1. The molecule has 0 spiro atoms. The zero-order valence-corrected chi connectivity index (χ0v) is 19.0. The Bertz CT molecular complexity index is 1040. The first kappa shape index (κ1) is 25.9. The minimum absolute atomic E-state index is 0.0505. The van der Waals surface area contributed by atoms with Crippen LogP contribution in [0.5, 0.6) is 0 Å². The van der Waals surface area contributed by atoms with Crippen LogP contribution in [0.3, 0.4) is 0 Å². The number of amides is 1. The summed E-state index contributed by atoms with van der Waals surface area (Å²) in [5.41, 5.74) is 6.50. The normalized spacial score (nSPS) is 16.1. The van der Waals surface area contributed by atoms with Crippen LogP contribution in [0, 0.1) is 5.92 Å². The summed E-state index contributed by atoms with van der Waals surface area (Å²) >= 11 is 5.46. The first-order valence-corrected chi connectivity index (χ1v) is 11.2. The van der Waals surface area contributed by atoms with E-state index in [1.807, 2.05) is 12.1 Å². The summed E-state index contributed by atoms with van der Waals surface area (Å²) in [6.45, 7) is 1.82. The summed E-state index contributed by atoms with van der Waals surface area (Å²) in [5, 5.41) is 1.87. The maximum Gasteiger partial charge on any atom is 0.416 e. The molecule has 1 amide bonds. The minimum atomic E-state index is -4.56. The summed E-state index contributed by atoms with van der Waals surface area (Å²) in [6.07, 6.45) is -3.16. The number of hydrogen-bond acceptors (Lipinski definition) is 5. The van der Waals surface area contributed by atoms with Gasteiger partial charge in [0.25, 0.3) is 11.1 Å². The van der Waals surface area contributed by atoms with Gasteiger partial charge in [-0.05, 0) is 79.3 Å². The molecule has 3 rings (SSSR count). The molecule has 182 valence electrons. The second-order valence-electron chi connectivity index (χ2n) is 8.34. The standard InChI is InChI=1S/C24H25ClF3N3O3/c25-22(33)17-6-4-15(5-7-17)14-31-10-8-16(9-11-31)21(29)20(32)13-30-23(34)18-2-1-3-19(12-18)24(26,27)28/h1-7,12,16,21H,8-11,13-14,29H2,(H,30,34). The molecule has 0 saturated carbocycles. The van der Waals surface area contributed by atoms with Crippen LogP contribution >= 0.6 is 11.6 Å². The number of nitrogens with zero attached hydrogens (tertiary/aromatic N) is 1. The van der Waals surface area contributed by atoms with Gasteiger partial charge in [-0.3, -0.25) is 19.3 Å². The highest BCUT2D eigenvalue weighted by atomic mass is 35.5. The monoisotopic (exact) mass is 495 g/mol. The number of nitrogens with one attached hydrogen (secondary N) is 1. The lowest BCUT2D eigenvalue weighted by Crippen LogP contribution is -2.47. The number of halogens is 4. The van der Waals surface area contributed by atoms with Crippen molar-refractivity contribution in [3.63, 3.8) is 0 Å². The topological polar surface area (TPSA) is 92.5 Å². The Kier molecular flexibility index (Phi) is 8.46. The maximum absolute atomic E-state index is 12.8. The highest BCUT2D eigenvalue weighted by Gasteiger charge is 2.31. The van der Waals surface area contributed by atoms with Gasteiger partial charge in [0.15, 0.2) is 5.78 Å². The van der Waals surface area contributed by atoms with E-state index in [-0.39, 0.29) is 23.8 Å². The number of ketones is 1. The van der Waals surface area contributed by atoms with Crippen molar-refractivity contribution < 1.29 is 27.6 Å². The molecule has 0 aromatic heterocycles. The molecule has 10 heteroatoms. The highest BCUT2D eigenvalue weighted by molar-refractivity contribution is 6.67. The van der Waals surface area contributed by atoms with Gasteiger partial charge >= 0.3 is 6.18 Å². The van der Waals surface area contributed by atoms with Gasteiger partial charge in [0.1, 0.15) is 0 Å². The van der Waals surface area contributed by atoms with Crippen molar-refractivity contribution in [2.45, 2.75) is 31.6 Å². The molecule has 1 saturated heterocycles. The predicted molar refractivity (Wildman–Crippen MR) is 121 cm³/mol. The van der Waals surface area contributed by atoms with Gasteiger partial charge < -0.3 is 11.1 Å². The number of carbonyl (C=O) groups is 3. The fourth-order valence-electron chi connectivity index (χ4n) is 3.96. The molecule has 34 heavy (non-hydrogen) atoms. The average molecular weight is 496 g/mol. The van der Waals surface area contributed by atoms with Crippen molar-refractivity contribution in [1.82, 2.24) is 10.2 Å². The second kappa shape index (κ2) is 11.1. The summed E-state index contributed by atoms with van der Waals surface area (Å²) in [4.78, 5) is 38.1. The largest absolute Gasteiger partial charge is 0.416 e. The number of alkyl halides is 3. The molecule has 1 heterocycles. The van der Waals surface area contributed by atoms with Crippen LogP contribution in [0.2, 0.25) is 0 Å². The lowest BCUT2D eigenvalue weighted by molar-refractivity contribution is -0.137. The smallest absolute Gasteiger partial charge is 0.345 e. The molecular weight excluding hydrogens is 471 g/mol. The molecule has 3 N–H and O–H groups in total. The second-order valence-corrected chi connectivity index (χ2v) is 8.68. The van der Waals surface area contributed by atoms with E-state index in [0.717, 1.165) is 36.9 Å². The Morgan fingerprint density at radius 1 is 1.06 bits per heavy atom. The highest BCUT2D eigenvalue weighted by Crippen LogP contribution is 2.29. The quantitative estimate of drug-likeness (QED) is 0.546. The van der Waals surface area contributed by atoms with Crippen molar-refractivity contribution in [3.05, 3.63) is 70.8 Å². The Morgan fingerprint density at radius 3 is 2.29 bits per heavy atom. The van der Waals surface area contributed by atoms with Crippen LogP contribution < -0.4 is 11.1 Å². The Hall–Kier alpha value is -2.75. The van der Waals surface area contributed by atoms with Crippen molar-refractivity contribution in [2.24, 2.45) is 11.7 Å². The lowest BCUT2D eigenvalue weighted by Gasteiger charge is -2.34. The number of piperidine rings is 1. The third-order valence-corrected chi connectivity index (χ3v) is 6.19. The van der Waals surface area contributed by atoms with Gasteiger partial charge in [0.05, 0.1) is 18.2 Å². The van der Waals surface area contributed by atoms with E-state index in [4.69, 9.17) is 17.3 Å². The van der Waals surface area contributed by atoms with Crippen LogP contribution in [0.1, 0.15) is 44.7 Å². The predicted octanol–water partition coefficient (Wildman–Crippen LogP) is 3.62. The van der Waals surface area contributed by atoms with E-state index in [9.17, 15) is 27.6 Å². The van der Waals surface area contributed by atoms with Crippen LogP contribution in [0.4, 0.5) is 13.2 Å². The van der Waals surface area contributed by atoms with Crippen molar-refractivity contribution in [2.75, 3.05) is 19.6 Å². The van der Waals surface area contributed by atoms with Crippen molar-refractivity contribution >= 4 is 28.5 Å². The first-order valence-electron chi connectivity index (χ1n) is 10.8. The first-order chi connectivity index (χ1) is 16.0. The number of hydrogen-bond donors (Lipinski definition) is 2. The maximum atomic E-state index is 12.8. The van der Waals surface area contributed by atoms with E-state index in [1.165, 1.54) is 6.07 Å². The van der Waals surface area contributed by atoms with E-state index in [1.54, 1.807) is 12.1 Å². The number of nitrogens with two attached hydrogens (primary N) is 1. The molecule has 1 unspecified atom stereocenters. The zero-order chi connectivity index (χ0) is 24.9. The third kappa shape index (κ3) is 6.88. The third-order valence-electron chi connectivity index (χ3n) is 5.97. The van der Waals surface area contributed by atoms with Crippen LogP contribution in [-0.4, -0.2) is 47.5 Å². The fourth-order valence-corrected chi connectivity index (χ4v) is 4.08. The molecular formula is C24H25ClF3N3O3. The molecule has 0 radical (unpaired) electrons. The fraction of sp³-hybridized carbons (Fsp3) is 0.375. The summed E-state index contributed by atoms with van der Waals surface area (Å²) < 4.78 is 38.5. The lowest BCUT2D eigenvalue weighted by atomic mass is 9.87. The summed E-state index contributed by atoms with van der Waals surface area (Å²) in [5.74, 6) is -1.17. The van der Waals surface area contributed by atoms with Crippen LogP contribution in [0.15, 0.2) is 48.5 Å². The molecule has 2 aromatic carbocycles. The van der Waals surface area contributed by atoms with E-state index in [0.29, 0.717) is 24.9 Å². The van der Waals surface area contributed by atoms with Crippen molar-refractivity contribution in [1.29, 1.82) is 0 Å². The summed E-state index contributed by atoms with van der Waals surface area (Å²) in [7, 11) is 0. The summed E-state index contributed by atoms with van der Waals surface area (Å²) in [6, 6.07) is 10.3. The molecule has 1 atom stereocenters. The number of carbonyl (C=O) groups excluding carboxylic acids is 3. The molecule has 0 aliphatic carbocycles. The minimum Gasteiger partial charge on any atom is -0.345 e. The SMILES string of the molecule is NC(C(=O)CNC(=O)c1cccc(C(F)(F)F)c1)C1CCN(Cc2ccc(C(=O)Cl)cc2)CC1. The number of likely N-dealkylation sites (tertiary alicyclic amines) is 1. The van der Waals surface area contributed by atoms with Crippen LogP contribution in [0.25, 0.3) is 0 Å². The Balaban J connectivity index is 1.45. The van der Waals surface area contributed by atoms with Gasteiger partial charge in [-0.1, -0.05) is 18.2 Å². The molecule has 6 nitrogen and oxygen atoms in total. The number of benzene rings is 2. The van der Waals surface area contributed by atoms with Gasteiger partial charge in [0, 0.05) is 17.7 Å². The van der Waals surface area contributed by atoms with Gasteiger partial charge in [-0.2, -0.15) is 13.2 Å². The van der Waals surface area contributed by atoms with Gasteiger partial charge in [0.2, 0.25) is 0 Å². The Morgan fingerprint density at radius 2 is 1.71 bits per heavy atom. The molecule has 1 aliphatic heterocycles. The van der Waals surface area contributed by atoms with E-state index >= 15 is 0 Å². The molecule has 0 bridgehead atoms. The Labute approximate surface area is 200 Å².